The van der Waals surface area contributed by atoms with Crippen LogP contribution in [0, 0.1) is 0 Å². The fourth-order valence-corrected chi connectivity index (χ4v) is 3.15. The summed E-state index contributed by atoms with van der Waals surface area (Å²) in [6, 6.07) is 21.9. The summed E-state index contributed by atoms with van der Waals surface area (Å²) in [4.78, 5) is 36.6. The largest absolute Gasteiger partial charge is 0.454 e. The minimum Gasteiger partial charge on any atom is -0.454 e. The number of amides is 2. The van der Waals surface area contributed by atoms with Gasteiger partial charge in [0.1, 0.15) is 0 Å². The lowest BCUT2D eigenvalue weighted by molar-refractivity contribution is -0.121. The van der Waals surface area contributed by atoms with E-state index >= 15 is 0 Å². The van der Waals surface area contributed by atoms with Crippen molar-refractivity contribution >= 4 is 17.6 Å². The van der Waals surface area contributed by atoms with Crippen LogP contribution < -0.4 is 20.3 Å². The number of hydrazine groups is 1. The monoisotopic (exact) mass is 416 g/mol. The molecule has 2 N–H and O–H groups in total. The fraction of sp³-hybridized carbons (Fsp3) is 0.125. The maximum absolute atomic E-state index is 12.4. The van der Waals surface area contributed by atoms with Gasteiger partial charge in [0.05, 0.1) is 0 Å². The Bertz CT molecular complexity index is 1110. The third-order valence-corrected chi connectivity index (χ3v) is 4.84. The Hall–Kier alpha value is -4.13. The first-order chi connectivity index (χ1) is 15.1. The number of hydrogen-bond acceptors (Lipinski definition) is 5. The summed E-state index contributed by atoms with van der Waals surface area (Å²) < 4.78 is 10.4. The summed E-state index contributed by atoms with van der Waals surface area (Å²) in [5.41, 5.74) is 7.60. The summed E-state index contributed by atoms with van der Waals surface area (Å²) in [5, 5.41) is 0. The molecular weight excluding hydrogens is 396 g/mol. The molecule has 1 aliphatic rings. The van der Waals surface area contributed by atoms with Gasteiger partial charge in [-0.1, -0.05) is 54.6 Å². The van der Waals surface area contributed by atoms with Gasteiger partial charge in [0.25, 0.3) is 5.91 Å². The van der Waals surface area contributed by atoms with Crippen LogP contribution in [-0.4, -0.2) is 24.4 Å². The first kappa shape index (κ1) is 20.2. The average molecular weight is 416 g/mol. The zero-order valence-corrected chi connectivity index (χ0v) is 16.6. The number of benzene rings is 3. The van der Waals surface area contributed by atoms with E-state index in [1.165, 1.54) is 6.07 Å². The van der Waals surface area contributed by atoms with Gasteiger partial charge < -0.3 is 9.47 Å². The molecule has 1 heterocycles. The van der Waals surface area contributed by atoms with Crippen molar-refractivity contribution in [3.63, 3.8) is 0 Å². The molecule has 0 radical (unpaired) electrons. The Morgan fingerprint density at radius 3 is 2.16 bits per heavy atom. The van der Waals surface area contributed by atoms with Gasteiger partial charge in [-0.3, -0.25) is 25.2 Å². The molecule has 0 unspecified atom stereocenters. The molecule has 31 heavy (non-hydrogen) atoms. The normalized spacial score (nSPS) is 11.6. The number of ketones is 1. The van der Waals surface area contributed by atoms with Gasteiger partial charge in [0.15, 0.2) is 17.3 Å². The van der Waals surface area contributed by atoms with Gasteiger partial charge in [0.2, 0.25) is 12.7 Å². The Morgan fingerprint density at radius 2 is 1.39 bits per heavy atom. The van der Waals surface area contributed by atoms with Crippen LogP contribution in [0.25, 0.3) is 11.1 Å². The second-order valence-electron chi connectivity index (χ2n) is 6.94. The van der Waals surface area contributed by atoms with E-state index < -0.39 is 11.8 Å². The Kier molecular flexibility index (Phi) is 5.93. The molecule has 0 saturated carbocycles. The summed E-state index contributed by atoms with van der Waals surface area (Å²) >= 11 is 0. The molecule has 3 aromatic carbocycles. The second kappa shape index (κ2) is 9.13. The highest BCUT2D eigenvalue weighted by molar-refractivity contribution is 5.99. The molecule has 0 saturated heterocycles. The zero-order chi connectivity index (χ0) is 21.6. The quantitative estimate of drug-likeness (QED) is 0.474. The Labute approximate surface area is 179 Å². The van der Waals surface area contributed by atoms with Crippen molar-refractivity contribution in [2.45, 2.75) is 12.8 Å². The third-order valence-electron chi connectivity index (χ3n) is 4.84. The molecule has 4 rings (SSSR count). The van der Waals surface area contributed by atoms with E-state index in [4.69, 9.17) is 9.47 Å². The van der Waals surface area contributed by atoms with Crippen molar-refractivity contribution in [1.29, 1.82) is 0 Å². The zero-order valence-electron chi connectivity index (χ0n) is 16.6. The summed E-state index contributed by atoms with van der Waals surface area (Å²) in [6.07, 6.45) is -0.00288. The Morgan fingerprint density at radius 1 is 0.710 bits per heavy atom. The molecular formula is C24H20N2O5. The van der Waals surface area contributed by atoms with E-state index in [0.29, 0.717) is 22.6 Å². The molecule has 0 bridgehead atoms. The number of rotatable bonds is 6. The molecule has 7 heteroatoms. The van der Waals surface area contributed by atoms with Crippen molar-refractivity contribution in [2.75, 3.05) is 6.79 Å². The van der Waals surface area contributed by atoms with Crippen LogP contribution in [0.15, 0.2) is 72.8 Å². The van der Waals surface area contributed by atoms with Gasteiger partial charge >= 0.3 is 0 Å². The number of nitrogens with one attached hydrogen (secondary N) is 2. The van der Waals surface area contributed by atoms with E-state index in [1.807, 2.05) is 42.5 Å². The lowest BCUT2D eigenvalue weighted by atomic mass is 10.0. The standard InChI is InChI=1S/C24H20N2O5/c27-20(18-8-6-17(7-9-18)16-4-2-1-3-5-16)11-13-23(28)25-26-24(29)19-10-12-21-22(14-19)31-15-30-21/h1-10,12,14H,11,13,15H2,(H,25,28)(H,26,29). The van der Waals surface area contributed by atoms with E-state index in [-0.39, 0.29) is 25.4 Å². The molecule has 0 fully saturated rings. The molecule has 2 amide bonds. The van der Waals surface area contributed by atoms with Crippen molar-refractivity contribution in [3.05, 3.63) is 83.9 Å². The number of carbonyl (C=O) groups excluding carboxylic acids is 3. The smallest absolute Gasteiger partial charge is 0.269 e. The molecule has 7 nitrogen and oxygen atoms in total. The number of Topliss-reactive ketones (excluding diaryl/α,β-unsaturated/α-hetero) is 1. The molecule has 3 aromatic rings. The lowest BCUT2D eigenvalue weighted by Gasteiger charge is -2.08. The third kappa shape index (κ3) is 4.90. The van der Waals surface area contributed by atoms with Crippen LogP contribution in [-0.2, 0) is 4.79 Å². The summed E-state index contributed by atoms with van der Waals surface area (Å²) in [7, 11) is 0. The van der Waals surface area contributed by atoms with Gasteiger partial charge in [-0.05, 0) is 29.3 Å². The number of fused-ring (bicyclic) bond motifs is 1. The summed E-state index contributed by atoms with van der Waals surface area (Å²) in [6.45, 7) is 0.111. The van der Waals surface area contributed by atoms with Gasteiger partial charge in [-0.15, -0.1) is 0 Å². The molecule has 0 aromatic heterocycles. The second-order valence-corrected chi connectivity index (χ2v) is 6.94. The van der Waals surface area contributed by atoms with Crippen LogP contribution in [0.2, 0.25) is 0 Å². The van der Waals surface area contributed by atoms with Gasteiger partial charge in [0, 0.05) is 24.0 Å². The topological polar surface area (TPSA) is 93.7 Å². The minimum absolute atomic E-state index is 0.0381. The lowest BCUT2D eigenvalue weighted by Crippen LogP contribution is -2.41. The van der Waals surface area contributed by atoms with E-state index in [2.05, 4.69) is 10.9 Å². The Balaban J connectivity index is 1.25. The van der Waals surface area contributed by atoms with Crippen molar-refractivity contribution in [1.82, 2.24) is 10.9 Å². The average Bonchev–Trinajstić information content (AvgIpc) is 3.29. The van der Waals surface area contributed by atoms with Crippen LogP contribution in [0.4, 0.5) is 0 Å². The number of carbonyl (C=O) groups is 3. The predicted molar refractivity (Wildman–Crippen MR) is 114 cm³/mol. The fourth-order valence-electron chi connectivity index (χ4n) is 3.15. The number of ether oxygens (including phenoxy) is 2. The van der Waals surface area contributed by atoms with Gasteiger partial charge in [-0.25, -0.2) is 0 Å². The van der Waals surface area contributed by atoms with Crippen LogP contribution in [0.5, 0.6) is 11.5 Å². The maximum Gasteiger partial charge on any atom is 0.269 e. The van der Waals surface area contributed by atoms with Crippen LogP contribution in [0.1, 0.15) is 33.6 Å². The first-order valence-corrected chi connectivity index (χ1v) is 9.78. The minimum atomic E-state index is -0.491. The predicted octanol–water partition coefficient (Wildman–Crippen LogP) is 3.51. The highest BCUT2D eigenvalue weighted by atomic mass is 16.7. The SMILES string of the molecule is O=C(CCC(=O)c1ccc(-c2ccccc2)cc1)NNC(=O)c1ccc2c(c1)OCO2. The molecule has 0 spiro atoms. The highest BCUT2D eigenvalue weighted by Crippen LogP contribution is 2.32. The first-order valence-electron chi connectivity index (χ1n) is 9.78. The maximum atomic E-state index is 12.4. The van der Waals surface area contributed by atoms with Crippen LogP contribution in [0.3, 0.4) is 0 Å². The van der Waals surface area contributed by atoms with Gasteiger partial charge in [-0.2, -0.15) is 0 Å². The molecule has 0 atom stereocenters. The molecule has 156 valence electrons. The molecule has 1 aliphatic heterocycles. The van der Waals surface area contributed by atoms with E-state index in [0.717, 1.165) is 11.1 Å². The van der Waals surface area contributed by atoms with Crippen molar-refractivity contribution < 1.29 is 23.9 Å². The highest BCUT2D eigenvalue weighted by Gasteiger charge is 2.17. The van der Waals surface area contributed by atoms with Crippen LogP contribution >= 0.6 is 0 Å². The summed E-state index contributed by atoms with van der Waals surface area (Å²) in [5.74, 6) is -0.0477. The number of hydrogen-bond donors (Lipinski definition) is 2. The van der Waals surface area contributed by atoms with Crippen molar-refractivity contribution in [2.24, 2.45) is 0 Å². The van der Waals surface area contributed by atoms with Crippen molar-refractivity contribution in [3.8, 4) is 22.6 Å². The van der Waals surface area contributed by atoms with E-state index in [9.17, 15) is 14.4 Å². The van der Waals surface area contributed by atoms with E-state index in [1.54, 1.807) is 24.3 Å². The molecule has 0 aliphatic carbocycles.